The minimum absolute atomic E-state index is 0.121. The highest BCUT2D eigenvalue weighted by Gasteiger charge is 3.00. The molecule has 0 unspecified atom stereocenters. The third-order valence-corrected chi connectivity index (χ3v) is 5.38. The molecular formula is C17H11F11INO. The number of hydrogen-bond acceptors (Lipinski definition) is 1. The molecule has 174 valence electrons. The van der Waals surface area contributed by atoms with E-state index in [0.717, 1.165) is 22.6 Å². The highest BCUT2D eigenvalue weighted by Crippen LogP contribution is 2.69. The van der Waals surface area contributed by atoms with Gasteiger partial charge >= 0.3 is 29.6 Å². The Balaban J connectivity index is 2.33. The summed E-state index contributed by atoms with van der Waals surface area (Å²) >= 11 is 0.907. The largest absolute Gasteiger partial charge is 0.384 e. The van der Waals surface area contributed by atoms with Gasteiger partial charge in [0.15, 0.2) is 0 Å². The van der Waals surface area contributed by atoms with Gasteiger partial charge in [0.25, 0.3) is 11.6 Å². The SMILES string of the molecule is O=C(NCCC(I)=CC1(F)C(F)(F)C(F)(F)C(F)(F)C(F)(F)C1(F)F)c1ccccc1. The van der Waals surface area contributed by atoms with E-state index in [1.165, 1.54) is 24.3 Å². The Morgan fingerprint density at radius 2 is 1.19 bits per heavy atom. The van der Waals surface area contributed by atoms with Gasteiger partial charge in [-0.1, -0.05) is 18.2 Å². The number of benzene rings is 1. The van der Waals surface area contributed by atoms with Crippen molar-refractivity contribution in [1.29, 1.82) is 0 Å². The van der Waals surface area contributed by atoms with Crippen LogP contribution in [0.5, 0.6) is 0 Å². The summed E-state index contributed by atoms with van der Waals surface area (Å²) in [4.78, 5) is 11.8. The van der Waals surface area contributed by atoms with Crippen LogP contribution < -0.4 is 5.32 Å². The maximum atomic E-state index is 14.6. The number of allylic oxidation sites excluding steroid dienone is 1. The lowest BCUT2D eigenvalue weighted by atomic mass is 9.72. The van der Waals surface area contributed by atoms with Crippen molar-refractivity contribution in [2.45, 2.75) is 41.7 Å². The zero-order valence-electron chi connectivity index (χ0n) is 14.8. The second kappa shape index (κ2) is 7.76. The standard InChI is InChI=1S/C17H11F11INO/c18-12(8-10(29)6-7-30-11(31)9-4-2-1-3-5-9)13(19,20)15(23,24)17(27,28)16(25,26)14(12,21)22/h1-5,8H,6-7H2,(H,30,31). The molecule has 1 aromatic rings. The molecule has 0 saturated heterocycles. The van der Waals surface area contributed by atoms with Crippen molar-refractivity contribution in [2.24, 2.45) is 0 Å². The van der Waals surface area contributed by atoms with Crippen molar-refractivity contribution < 1.29 is 53.1 Å². The lowest BCUT2D eigenvalue weighted by molar-refractivity contribution is -0.476. The molecule has 0 atom stereocenters. The molecule has 1 fully saturated rings. The minimum Gasteiger partial charge on any atom is -0.352 e. The predicted octanol–water partition coefficient (Wildman–Crippen LogP) is 6.02. The van der Waals surface area contributed by atoms with E-state index < -0.39 is 63.8 Å². The average molecular weight is 581 g/mol. The van der Waals surface area contributed by atoms with E-state index in [2.05, 4.69) is 5.32 Å². The molecule has 1 aliphatic carbocycles. The Hall–Kier alpha value is -1.61. The molecule has 1 N–H and O–H groups in total. The van der Waals surface area contributed by atoms with E-state index in [4.69, 9.17) is 0 Å². The third kappa shape index (κ3) is 3.48. The topological polar surface area (TPSA) is 29.1 Å². The van der Waals surface area contributed by atoms with Gasteiger partial charge in [-0.3, -0.25) is 4.79 Å². The van der Waals surface area contributed by atoms with Gasteiger partial charge in [0.1, 0.15) is 0 Å². The smallest absolute Gasteiger partial charge is 0.352 e. The zero-order valence-corrected chi connectivity index (χ0v) is 17.0. The number of halogens is 12. The van der Waals surface area contributed by atoms with Crippen LogP contribution in [-0.2, 0) is 0 Å². The van der Waals surface area contributed by atoms with Crippen molar-refractivity contribution >= 4 is 28.5 Å². The molecule has 1 saturated carbocycles. The summed E-state index contributed by atoms with van der Waals surface area (Å²) in [6.07, 6.45) is -1.66. The number of carbonyl (C=O) groups excluding carboxylic acids is 1. The minimum atomic E-state index is -7.24. The Kier molecular flexibility index (Phi) is 6.42. The quantitative estimate of drug-likeness (QED) is 0.335. The summed E-state index contributed by atoms with van der Waals surface area (Å²) in [6, 6.07) is 7.26. The fourth-order valence-corrected chi connectivity index (χ4v) is 3.40. The van der Waals surface area contributed by atoms with Gasteiger partial charge in [-0.25, -0.2) is 4.39 Å². The molecule has 0 spiro atoms. The monoisotopic (exact) mass is 581 g/mol. The molecular weight excluding hydrogens is 570 g/mol. The van der Waals surface area contributed by atoms with Crippen LogP contribution in [0.25, 0.3) is 0 Å². The fourth-order valence-electron chi connectivity index (χ4n) is 2.70. The van der Waals surface area contributed by atoms with Crippen LogP contribution >= 0.6 is 22.6 Å². The van der Waals surface area contributed by atoms with Crippen molar-refractivity contribution in [1.82, 2.24) is 5.32 Å². The molecule has 0 heterocycles. The lowest BCUT2D eigenvalue weighted by Gasteiger charge is -2.51. The van der Waals surface area contributed by atoms with E-state index in [-0.39, 0.29) is 5.56 Å². The Bertz CT molecular complexity index is 840. The van der Waals surface area contributed by atoms with Gasteiger partial charge in [-0.2, -0.15) is 43.9 Å². The predicted molar refractivity (Wildman–Crippen MR) is 94.1 cm³/mol. The second-order valence-corrected chi connectivity index (χ2v) is 7.93. The molecule has 0 bridgehead atoms. The Labute approximate surface area is 181 Å². The van der Waals surface area contributed by atoms with Crippen LogP contribution in [0, 0.1) is 0 Å². The zero-order chi connectivity index (χ0) is 24.1. The van der Waals surface area contributed by atoms with Gasteiger partial charge in [0, 0.05) is 12.1 Å². The van der Waals surface area contributed by atoms with Crippen molar-refractivity contribution in [2.75, 3.05) is 6.54 Å². The molecule has 2 nitrogen and oxygen atoms in total. The third-order valence-electron chi connectivity index (χ3n) is 4.53. The first kappa shape index (κ1) is 25.6. The summed E-state index contributed by atoms with van der Waals surface area (Å²) in [6.45, 7) is -0.529. The van der Waals surface area contributed by atoms with Crippen LogP contribution in [0.1, 0.15) is 16.8 Å². The van der Waals surface area contributed by atoms with Crippen LogP contribution in [-0.4, -0.2) is 47.7 Å². The fraction of sp³-hybridized carbons (Fsp3) is 0.471. The maximum absolute atomic E-state index is 14.6. The second-order valence-electron chi connectivity index (χ2n) is 6.55. The number of alkyl halides is 11. The van der Waals surface area contributed by atoms with Gasteiger partial charge in [0.05, 0.1) is 0 Å². The average Bonchev–Trinajstić information content (AvgIpc) is 2.66. The van der Waals surface area contributed by atoms with Crippen molar-refractivity contribution in [3.8, 4) is 0 Å². The molecule has 31 heavy (non-hydrogen) atoms. The van der Waals surface area contributed by atoms with Crippen LogP contribution in [0.4, 0.5) is 48.3 Å². The van der Waals surface area contributed by atoms with Crippen molar-refractivity contribution in [3.05, 3.63) is 45.6 Å². The first-order chi connectivity index (χ1) is 13.9. The Morgan fingerprint density at radius 1 is 0.774 bits per heavy atom. The molecule has 1 aromatic carbocycles. The highest BCUT2D eigenvalue weighted by atomic mass is 127. The molecule has 2 rings (SSSR count). The van der Waals surface area contributed by atoms with Crippen LogP contribution in [0.3, 0.4) is 0 Å². The van der Waals surface area contributed by atoms with Crippen LogP contribution in [0.15, 0.2) is 40.0 Å². The number of rotatable bonds is 5. The van der Waals surface area contributed by atoms with Gasteiger partial charge in [-0.05, 0) is 50.8 Å². The van der Waals surface area contributed by atoms with Gasteiger partial charge in [0.2, 0.25) is 0 Å². The number of nitrogens with one attached hydrogen (secondary N) is 1. The number of hydrogen-bond donors (Lipinski definition) is 1. The molecule has 1 amide bonds. The summed E-state index contributed by atoms with van der Waals surface area (Å²) in [7, 11) is 0. The maximum Gasteiger partial charge on any atom is 0.384 e. The number of carbonyl (C=O) groups is 1. The Morgan fingerprint density at radius 3 is 1.65 bits per heavy atom. The summed E-state index contributed by atoms with van der Waals surface area (Å²) < 4.78 is 149. The normalized spacial score (nSPS) is 25.0. The summed E-state index contributed by atoms with van der Waals surface area (Å²) in [5.74, 6) is -36.1. The molecule has 1 aliphatic rings. The van der Waals surface area contributed by atoms with E-state index in [1.807, 2.05) is 0 Å². The first-order valence-electron chi connectivity index (χ1n) is 8.17. The lowest BCUT2D eigenvalue weighted by Crippen LogP contribution is -2.83. The summed E-state index contributed by atoms with van der Waals surface area (Å²) in [5.41, 5.74) is -6.04. The van der Waals surface area contributed by atoms with E-state index in [1.54, 1.807) is 6.07 Å². The van der Waals surface area contributed by atoms with Gasteiger partial charge < -0.3 is 5.32 Å². The molecule has 0 aromatic heterocycles. The molecule has 0 radical (unpaired) electrons. The number of amides is 1. The van der Waals surface area contributed by atoms with Gasteiger partial charge in [-0.15, -0.1) is 0 Å². The van der Waals surface area contributed by atoms with E-state index >= 15 is 0 Å². The van der Waals surface area contributed by atoms with E-state index in [9.17, 15) is 53.1 Å². The highest BCUT2D eigenvalue weighted by molar-refractivity contribution is 14.1. The van der Waals surface area contributed by atoms with Crippen LogP contribution in [0.2, 0.25) is 0 Å². The molecule has 0 aliphatic heterocycles. The first-order valence-corrected chi connectivity index (χ1v) is 9.25. The van der Waals surface area contributed by atoms with Crippen molar-refractivity contribution in [3.63, 3.8) is 0 Å². The van der Waals surface area contributed by atoms with E-state index in [0.29, 0.717) is 0 Å². The summed E-state index contributed by atoms with van der Waals surface area (Å²) in [5, 5.41) is 2.17. The molecule has 14 heteroatoms.